The number of benzene rings is 1. The molecule has 26 heavy (non-hydrogen) atoms. The molecule has 1 aromatic heterocycles. The van der Waals surface area contributed by atoms with E-state index in [0.717, 1.165) is 64.1 Å². The minimum absolute atomic E-state index is 0.128. The van der Waals surface area contributed by atoms with E-state index in [2.05, 4.69) is 28.2 Å². The normalized spacial score (nSPS) is 19.9. The van der Waals surface area contributed by atoms with Gasteiger partial charge in [0.15, 0.2) is 5.69 Å². The summed E-state index contributed by atoms with van der Waals surface area (Å²) < 4.78 is 7.40. The van der Waals surface area contributed by atoms with Crippen molar-refractivity contribution < 1.29 is 14.6 Å². The lowest BCUT2D eigenvalue weighted by Crippen LogP contribution is -2.37. The molecule has 2 aliphatic rings. The van der Waals surface area contributed by atoms with E-state index in [-0.39, 0.29) is 11.7 Å². The molecule has 1 unspecified atom stereocenters. The SMILES string of the molecule is O=C(O)c1ccn(C2CCCN(CCCc3ccc4c(c3)CCO4)C2)n1. The molecular formula is C20H25N3O3. The van der Waals surface area contributed by atoms with Gasteiger partial charge in [0.2, 0.25) is 0 Å². The van der Waals surface area contributed by atoms with Gasteiger partial charge in [0, 0.05) is 19.2 Å². The molecule has 0 saturated carbocycles. The predicted molar refractivity (Wildman–Crippen MR) is 97.9 cm³/mol. The van der Waals surface area contributed by atoms with Crippen LogP contribution in [0.1, 0.15) is 46.9 Å². The Morgan fingerprint density at radius 1 is 1.35 bits per heavy atom. The molecule has 3 heterocycles. The maximum Gasteiger partial charge on any atom is 0.356 e. The lowest BCUT2D eigenvalue weighted by molar-refractivity contribution is 0.0688. The summed E-state index contributed by atoms with van der Waals surface area (Å²) in [5.41, 5.74) is 2.86. The maximum atomic E-state index is 11.0. The fourth-order valence-electron chi connectivity index (χ4n) is 4.01. The van der Waals surface area contributed by atoms with Gasteiger partial charge in [0.1, 0.15) is 5.75 Å². The molecule has 1 aromatic carbocycles. The number of ether oxygens (including phenoxy) is 1. The van der Waals surface area contributed by atoms with Crippen LogP contribution >= 0.6 is 0 Å². The van der Waals surface area contributed by atoms with Gasteiger partial charge in [-0.25, -0.2) is 4.79 Å². The minimum atomic E-state index is -0.962. The molecule has 0 radical (unpaired) electrons. The second kappa shape index (κ2) is 7.50. The molecule has 1 atom stereocenters. The van der Waals surface area contributed by atoms with Crippen molar-refractivity contribution in [2.45, 2.75) is 38.1 Å². The smallest absolute Gasteiger partial charge is 0.356 e. The Kier molecular flexibility index (Phi) is 4.93. The van der Waals surface area contributed by atoms with E-state index in [1.807, 2.05) is 4.68 Å². The number of hydrogen-bond donors (Lipinski definition) is 1. The van der Waals surface area contributed by atoms with Crippen LogP contribution in [0.4, 0.5) is 0 Å². The summed E-state index contributed by atoms with van der Waals surface area (Å²) in [4.78, 5) is 13.5. The number of carboxylic acid groups (broad SMARTS) is 1. The van der Waals surface area contributed by atoms with Gasteiger partial charge in [-0.3, -0.25) is 4.68 Å². The van der Waals surface area contributed by atoms with Gasteiger partial charge in [-0.15, -0.1) is 0 Å². The highest BCUT2D eigenvalue weighted by Gasteiger charge is 2.22. The number of carbonyl (C=O) groups is 1. The molecule has 138 valence electrons. The third-order valence-electron chi connectivity index (χ3n) is 5.38. The van der Waals surface area contributed by atoms with Crippen molar-refractivity contribution in [2.24, 2.45) is 0 Å². The van der Waals surface area contributed by atoms with E-state index in [4.69, 9.17) is 9.84 Å². The number of likely N-dealkylation sites (tertiary alicyclic amines) is 1. The Morgan fingerprint density at radius 3 is 3.12 bits per heavy atom. The summed E-state index contributed by atoms with van der Waals surface area (Å²) in [6.45, 7) is 3.93. The molecule has 2 aliphatic heterocycles. The first-order valence-electron chi connectivity index (χ1n) is 9.44. The number of fused-ring (bicyclic) bond motifs is 1. The third kappa shape index (κ3) is 3.75. The molecule has 0 amide bonds. The number of nitrogens with zero attached hydrogens (tertiary/aromatic N) is 3. The van der Waals surface area contributed by atoms with Crippen LogP contribution in [0, 0.1) is 0 Å². The Bertz CT molecular complexity index is 786. The first-order chi connectivity index (χ1) is 12.7. The molecule has 6 heteroatoms. The second-order valence-electron chi connectivity index (χ2n) is 7.23. The summed E-state index contributed by atoms with van der Waals surface area (Å²) in [5.74, 6) is 0.0868. The van der Waals surface area contributed by atoms with Crippen LogP contribution in [0.5, 0.6) is 5.75 Å². The Morgan fingerprint density at radius 2 is 2.27 bits per heavy atom. The van der Waals surface area contributed by atoms with E-state index in [1.54, 1.807) is 12.3 Å². The number of aromatic carboxylic acids is 1. The molecule has 1 N–H and O–H groups in total. The Hall–Kier alpha value is -2.34. The van der Waals surface area contributed by atoms with Gasteiger partial charge >= 0.3 is 5.97 Å². The molecule has 4 rings (SSSR count). The number of hydrogen-bond acceptors (Lipinski definition) is 4. The van der Waals surface area contributed by atoms with E-state index in [9.17, 15) is 4.79 Å². The van der Waals surface area contributed by atoms with Gasteiger partial charge in [-0.05, 0) is 62.0 Å². The topological polar surface area (TPSA) is 67.6 Å². The van der Waals surface area contributed by atoms with Crippen molar-refractivity contribution in [2.75, 3.05) is 26.2 Å². The number of aryl methyl sites for hydroxylation is 1. The Labute approximate surface area is 153 Å². The number of carboxylic acids is 1. The van der Waals surface area contributed by atoms with Crippen LogP contribution in [0.15, 0.2) is 30.5 Å². The van der Waals surface area contributed by atoms with Crippen molar-refractivity contribution in [1.82, 2.24) is 14.7 Å². The molecule has 2 aromatic rings. The van der Waals surface area contributed by atoms with Gasteiger partial charge in [-0.1, -0.05) is 12.1 Å². The maximum absolute atomic E-state index is 11.0. The van der Waals surface area contributed by atoms with Crippen LogP contribution in [-0.4, -0.2) is 52.0 Å². The fraction of sp³-hybridized carbons (Fsp3) is 0.500. The molecular weight excluding hydrogens is 330 g/mol. The average molecular weight is 355 g/mol. The number of rotatable bonds is 6. The van der Waals surface area contributed by atoms with Gasteiger partial charge in [0.05, 0.1) is 12.6 Å². The highest BCUT2D eigenvalue weighted by Crippen LogP contribution is 2.26. The lowest BCUT2D eigenvalue weighted by Gasteiger charge is -2.32. The van der Waals surface area contributed by atoms with Crippen LogP contribution < -0.4 is 4.74 Å². The van der Waals surface area contributed by atoms with Crippen LogP contribution in [-0.2, 0) is 12.8 Å². The van der Waals surface area contributed by atoms with E-state index >= 15 is 0 Å². The highest BCUT2D eigenvalue weighted by molar-refractivity contribution is 5.85. The van der Waals surface area contributed by atoms with Crippen molar-refractivity contribution in [3.05, 3.63) is 47.3 Å². The van der Waals surface area contributed by atoms with E-state index in [0.29, 0.717) is 0 Å². The zero-order chi connectivity index (χ0) is 17.9. The van der Waals surface area contributed by atoms with Crippen LogP contribution in [0.2, 0.25) is 0 Å². The summed E-state index contributed by atoms with van der Waals surface area (Å²) in [6.07, 6.45) is 7.22. The fourth-order valence-corrected chi connectivity index (χ4v) is 4.01. The molecule has 0 aliphatic carbocycles. The number of piperidine rings is 1. The van der Waals surface area contributed by atoms with Gasteiger partial charge in [0.25, 0.3) is 0 Å². The molecule has 0 bridgehead atoms. The first kappa shape index (κ1) is 17.1. The highest BCUT2D eigenvalue weighted by atomic mass is 16.5. The average Bonchev–Trinajstić information content (AvgIpc) is 3.31. The second-order valence-corrected chi connectivity index (χ2v) is 7.23. The molecule has 6 nitrogen and oxygen atoms in total. The van der Waals surface area contributed by atoms with Crippen molar-refractivity contribution in [3.63, 3.8) is 0 Å². The minimum Gasteiger partial charge on any atom is -0.493 e. The lowest BCUT2D eigenvalue weighted by atomic mass is 10.0. The standard InChI is InChI=1S/C20H25N3O3/c24-20(25)18-7-11-23(21-18)17-4-2-10-22(14-17)9-1-3-15-5-6-19-16(13-15)8-12-26-19/h5-7,11,13,17H,1-4,8-10,12,14H2,(H,24,25). The zero-order valence-corrected chi connectivity index (χ0v) is 14.9. The van der Waals surface area contributed by atoms with E-state index < -0.39 is 5.97 Å². The number of aromatic nitrogens is 2. The van der Waals surface area contributed by atoms with Crippen LogP contribution in [0.3, 0.4) is 0 Å². The summed E-state index contributed by atoms with van der Waals surface area (Å²) in [6, 6.07) is 8.43. The zero-order valence-electron chi connectivity index (χ0n) is 14.9. The largest absolute Gasteiger partial charge is 0.493 e. The van der Waals surface area contributed by atoms with Crippen molar-refractivity contribution >= 4 is 5.97 Å². The molecule has 1 saturated heterocycles. The predicted octanol–water partition coefficient (Wildman–Crippen LogP) is 2.79. The van der Waals surface area contributed by atoms with Crippen molar-refractivity contribution in [3.8, 4) is 5.75 Å². The van der Waals surface area contributed by atoms with E-state index in [1.165, 1.54) is 11.1 Å². The Balaban J connectivity index is 1.29. The summed E-state index contributed by atoms with van der Waals surface area (Å²) >= 11 is 0. The first-order valence-corrected chi connectivity index (χ1v) is 9.44. The summed E-state index contributed by atoms with van der Waals surface area (Å²) in [5, 5.41) is 13.2. The molecule has 1 fully saturated rings. The van der Waals surface area contributed by atoms with Gasteiger partial charge in [-0.2, -0.15) is 5.10 Å². The van der Waals surface area contributed by atoms with Crippen molar-refractivity contribution in [1.29, 1.82) is 0 Å². The third-order valence-corrected chi connectivity index (χ3v) is 5.38. The van der Waals surface area contributed by atoms with Gasteiger partial charge < -0.3 is 14.7 Å². The monoisotopic (exact) mass is 355 g/mol. The molecule has 0 spiro atoms. The summed E-state index contributed by atoms with van der Waals surface area (Å²) in [7, 11) is 0. The quantitative estimate of drug-likeness (QED) is 0.863. The van der Waals surface area contributed by atoms with Crippen LogP contribution in [0.25, 0.3) is 0 Å².